The molecule has 0 aromatic heterocycles. The van der Waals surface area contributed by atoms with Gasteiger partial charge in [0.2, 0.25) is 0 Å². The molecule has 1 unspecified atom stereocenters. The average molecular weight is 381 g/mol. The van der Waals surface area contributed by atoms with E-state index in [2.05, 4.69) is 36.4 Å². The zero-order valence-corrected chi connectivity index (χ0v) is 14.8. The second-order valence-electron chi connectivity index (χ2n) is 6.26. The first kappa shape index (κ1) is 17.0. The predicted molar refractivity (Wildman–Crippen MR) is 90.3 cm³/mol. The molecule has 0 radical (unpaired) electrons. The molecule has 1 saturated carbocycles. The second kappa shape index (κ2) is 7.11. The van der Waals surface area contributed by atoms with E-state index in [9.17, 15) is 0 Å². The minimum Gasteiger partial charge on any atom is -0.373 e. The fourth-order valence-corrected chi connectivity index (χ4v) is 2.23. The molecule has 0 spiro atoms. The summed E-state index contributed by atoms with van der Waals surface area (Å²) in [5, 5.41) is 6.72. The van der Waals surface area contributed by atoms with E-state index in [-0.39, 0.29) is 29.6 Å². The Balaban J connectivity index is 0.00000180. The number of aliphatic imine (C=N–C) groups is 1. The number of halogens is 1. The third kappa shape index (κ3) is 5.45. The quantitative estimate of drug-likeness (QED) is 0.437. The summed E-state index contributed by atoms with van der Waals surface area (Å²) in [6.07, 6.45) is 4.94. The summed E-state index contributed by atoms with van der Waals surface area (Å²) in [4.78, 5) is 4.68. The largest absolute Gasteiger partial charge is 0.373 e. The maximum Gasteiger partial charge on any atom is 0.191 e. The molecule has 2 N–H and O–H groups in total. The van der Waals surface area contributed by atoms with E-state index < -0.39 is 0 Å². The van der Waals surface area contributed by atoms with Gasteiger partial charge in [-0.05, 0) is 44.9 Å². The Morgan fingerprint density at radius 2 is 1.95 bits per heavy atom. The van der Waals surface area contributed by atoms with Gasteiger partial charge in [0.05, 0.1) is 5.60 Å². The standard InChI is InChI=1S/C14H27N3O.HI/c1-4-15-12(16-10-13(2)7-8-13)17-11-14(3)6-5-9-18-14;/h4-11H2,1-3H3,(H2,15,16,17);1H. The molecule has 112 valence electrons. The van der Waals surface area contributed by atoms with Gasteiger partial charge >= 0.3 is 0 Å². The number of hydrogen-bond acceptors (Lipinski definition) is 2. The van der Waals surface area contributed by atoms with Gasteiger partial charge in [-0.25, -0.2) is 0 Å². The molecule has 2 fully saturated rings. The zero-order valence-electron chi connectivity index (χ0n) is 12.4. The molecule has 2 rings (SSSR count). The Labute approximate surface area is 134 Å². The Hall–Kier alpha value is -0.0400. The SMILES string of the molecule is CCNC(=NCC1(C)CC1)NCC1(C)CCCO1.I. The molecule has 0 aromatic carbocycles. The summed E-state index contributed by atoms with van der Waals surface area (Å²) >= 11 is 0. The average Bonchev–Trinajstić information content (AvgIpc) is 2.92. The molecule has 0 aromatic rings. The minimum atomic E-state index is -0.0142. The van der Waals surface area contributed by atoms with Crippen LogP contribution in [-0.4, -0.2) is 37.8 Å². The highest BCUT2D eigenvalue weighted by atomic mass is 127. The molecule has 4 nitrogen and oxygen atoms in total. The van der Waals surface area contributed by atoms with Crippen LogP contribution in [0.3, 0.4) is 0 Å². The number of hydrogen-bond donors (Lipinski definition) is 2. The maximum atomic E-state index is 5.78. The highest BCUT2D eigenvalue weighted by Crippen LogP contribution is 2.44. The van der Waals surface area contributed by atoms with Crippen molar-refractivity contribution >= 4 is 29.9 Å². The van der Waals surface area contributed by atoms with Gasteiger partial charge in [0.1, 0.15) is 0 Å². The fourth-order valence-electron chi connectivity index (χ4n) is 2.23. The molecule has 0 bridgehead atoms. The molecule has 2 aliphatic rings. The van der Waals surface area contributed by atoms with Crippen LogP contribution in [0.25, 0.3) is 0 Å². The van der Waals surface area contributed by atoms with Gasteiger partial charge in [-0.1, -0.05) is 6.92 Å². The van der Waals surface area contributed by atoms with Crippen molar-refractivity contribution < 1.29 is 4.74 Å². The van der Waals surface area contributed by atoms with Crippen molar-refractivity contribution in [3.63, 3.8) is 0 Å². The first-order valence-electron chi connectivity index (χ1n) is 7.21. The van der Waals surface area contributed by atoms with Crippen molar-refractivity contribution in [3.05, 3.63) is 0 Å². The van der Waals surface area contributed by atoms with Crippen LogP contribution in [0.15, 0.2) is 4.99 Å². The molecule has 1 aliphatic carbocycles. The monoisotopic (exact) mass is 381 g/mol. The lowest BCUT2D eigenvalue weighted by molar-refractivity contribution is 0.0243. The van der Waals surface area contributed by atoms with Gasteiger partial charge in [0, 0.05) is 26.2 Å². The maximum absolute atomic E-state index is 5.78. The Kier molecular flexibility index (Phi) is 6.36. The van der Waals surface area contributed by atoms with Crippen LogP contribution < -0.4 is 10.6 Å². The number of ether oxygens (including phenoxy) is 1. The van der Waals surface area contributed by atoms with Crippen molar-refractivity contribution in [2.75, 3.05) is 26.2 Å². The van der Waals surface area contributed by atoms with Gasteiger partial charge < -0.3 is 15.4 Å². The van der Waals surface area contributed by atoms with E-state index in [1.54, 1.807) is 0 Å². The van der Waals surface area contributed by atoms with Crippen molar-refractivity contribution in [3.8, 4) is 0 Å². The molecule has 1 atom stereocenters. The van der Waals surface area contributed by atoms with Gasteiger partial charge in [-0.3, -0.25) is 4.99 Å². The van der Waals surface area contributed by atoms with Crippen molar-refractivity contribution in [2.45, 2.75) is 52.1 Å². The molecule has 1 saturated heterocycles. The van der Waals surface area contributed by atoms with Crippen LogP contribution in [0.2, 0.25) is 0 Å². The minimum absolute atomic E-state index is 0. The van der Waals surface area contributed by atoms with Crippen molar-refractivity contribution in [1.82, 2.24) is 10.6 Å². The van der Waals surface area contributed by atoms with Gasteiger partial charge in [0.15, 0.2) is 5.96 Å². The molecular formula is C14H28IN3O. The van der Waals surface area contributed by atoms with E-state index in [0.29, 0.717) is 5.41 Å². The molecule has 19 heavy (non-hydrogen) atoms. The van der Waals surface area contributed by atoms with Gasteiger partial charge in [0.25, 0.3) is 0 Å². The lowest BCUT2D eigenvalue weighted by Gasteiger charge is -2.24. The summed E-state index contributed by atoms with van der Waals surface area (Å²) in [5.41, 5.74) is 0.454. The third-order valence-electron chi connectivity index (χ3n) is 4.00. The Morgan fingerprint density at radius 3 is 2.47 bits per heavy atom. The van der Waals surface area contributed by atoms with E-state index >= 15 is 0 Å². The van der Waals surface area contributed by atoms with E-state index in [1.807, 2.05) is 0 Å². The lowest BCUT2D eigenvalue weighted by atomic mass is 10.0. The highest BCUT2D eigenvalue weighted by Gasteiger charge is 2.37. The number of guanidine groups is 1. The number of nitrogens with one attached hydrogen (secondary N) is 2. The van der Waals surface area contributed by atoms with E-state index in [0.717, 1.165) is 38.6 Å². The summed E-state index contributed by atoms with van der Waals surface area (Å²) in [6, 6.07) is 0. The number of rotatable bonds is 5. The smallest absolute Gasteiger partial charge is 0.191 e. The van der Waals surface area contributed by atoms with Crippen molar-refractivity contribution in [1.29, 1.82) is 0 Å². The van der Waals surface area contributed by atoms with Crippen LogP contribution in [-0.2, 0) is 4.74 Å². The highest BCUT2D eigenvalue weighted by molar-refractivity contribution is 14.0. The van der Waals surface area contributed by atoms with Crippen LogP contribution in [0.4, 0.5) is 0 Å². The van der Waals surface area contributed by atoms with Crippen LogP contribution >= 0.6 is 24.0 Å². The van der Waals surface area contributed by atoms with Crippen LogP contribution in [0, 0.1) is 5.41 Å². The van der Waals surface area contributed by atoms with Crippen molar-refractivity contribution in [2.24, 2.45) is 10.4 Å². The van der Waals surface area contributed by atoms with E-state index in [1.165, 1.54) is 19.3 Å². The van der Waals surface area contributed by atoms with Crippen LogP contribution in [0.1, 0.15) is 46.5 Å². The Bertz CT molecular complexity index is 310. The number of nitrogens with zero attached hydrogens (tertiary/aromatic N) is 1. The molecule has 5 heteroatoms. The predicted octanol–water partition coefficient (Wildman–Crippen LogP) is 2.53. The first-order valence-corrected chi connectivity index (χ1v) is 7.21. The molecule has 1 aliphatic heterocycles. The lowest BCUT2D eigenvalue weighted by Crippen LogP contribution is -2.45. The summed E-state index contributed by atoms with van der Waals surface area (Å²) < 4.78 is 5.78. The summed E-state index contributed by atoms with van der Waals surface area (Å²) in [5.74, 6) is 0.933. The van der Waals surface area contributed by atoms with Gasteiger partial charge in [-0.15, -0.1) is 24.0 Å². The first-order chi connectivity index (χ1) is 8.55. The third-order valence-corrected chi connectivity index (χ3v) is 4.00. The van der Waals surface area contributed by atoms with Gasteiger partial charge in [-0.2, -0.15) is 0 Å². The van der Waals surface area contributed by atoms with Crippen LogP contribution in [0.5, 0.6) is 0 Å². The molecule has 1 heterocycles. The van der Waals surface area contributed by atoms with E-state index in [4.69, 9.17) is 4.74 Å². The summed E-state index contributed by atoms with van der Waals surface area (Å²) in [6.45, 7) is 10.2. The normalized spacial score (nSPS) is 28.7. The molecule has 0 amide bonds. The molecular weight excluding hydrogens is 353 g/mol. The zero-order chi connectivity index (χ0) is 13.1. The fraction of sp³-hybridized carbons (Fsp3) is 0.929. The topological polar surface area (TPSA) is 45.7 Å². The second-order valence-corrected chi connectivity index (χ2v) is 6.26. The summed E-state index contributed by atoms with van der Waals surface area (Å²) in [7, 11) is 0. The Morgan fingerprint density at radius 1 is 1.21 bits per heavy atom.